The van der Waals surface area contributed by atoms with E-state index in [9.17, 15) is 0 Å². The zero-order chi connectivity index (χ0) is 10.6. The lowest BCUT2D eigenvalue weighted by molar-refractivity contribution is 0.438. The summed E-state index contributed by atoms with van der Waals surface area (Å²) in [4.78, 5) is 0. The lowest BCUT2D eigenvalue weighted by Gasteiger charge is -2.24. The average molecular weight is 385 g/mol. The highest BCUT2D eigenvalue weighted by atomic mass is 79.9. The van der Waals surface area contributed by atoms with Gasteiger partial charge in [0.05, 0.1) is 0 Å². The van der Waals surface area contributed by atoms with Crippen LogP contribution < -0.4 is 0 Å². The van der Waals surface area contributed by atoms with E-state index < -0.39 is 0 Å². The third kappa shape index (κ3) is 3.67. The molecule has 0 saturated heterocycles. The highest BCUT2D eigenvalue weighted by Crippen LogP contribution is 2.28. The minimum atomic E-state index is 0.292. The number of benzene rings is 1. The van der Waals surface area contributed by atoms with Crippen LogP contribution in [0, 0.1) is 5.41 Å². The first-order chi connectivity index (χ1) is 6.59. The fraction of sp³-hybridized carbons (Fsp3) is 0.455. The molecule has 0 N–H and O–H groups in total. The van der Waals surface area contributed by atoms with Crippen molar-refractivity contribution in [3.05, 3.63) is 34.3 Å². The van der Waals surface area contributed by atoms with Crippen LogP contribution in [0.5, 0.6) is 0 Å². The molecule has 0 spiro atoms. The van der Waals surface area contributed by atoms with Crippen molar-refractivity contribution in [1.29, 1.82) is 0 Å². The minimum absolute atomic E-state index is 0.292. The van der Waals surface area contributed by atoms with Gasteiger partial charge in [0.15, 0.2) is 0 Å². The zero-order valence-electron chi connectivity index (χ0n) is 8.06. The number of rotatable bonds is 4. The maximum Gasteiger partial charge on any atom is 0.0177 e. The van der Waals surface area contributed by atoms with Gasteiger partial charge in [-0.2, -0.15) is 0 Å². The average Bonchev–Trinajstić information content (AvgIpc) is 2.18. The first kappa shape index (κ1) is 12.7. The second-order valence-electron chi connectivity index (χ2n) is 3.88. The Morgan fingerprint density at radius 3 is 2.36 bits per heavy atom. The van der Waals surface area contributed by atoms with Crippen LogP contribution in [0.1, 0.15) is 12.5 Å². The molecule has 0 nitrogen and oxygen atoms in total. The summed E-state index contributed by atoms with van der Waals surface area (Å²) in [7, 11) is 0. The molecular formula is C11H13Br3. The monoisotopic (exact) mass is 382 g/mol. The highest BCUT2D eigenvalue weighted by molar-refractivity contribution is 9.10. The van der Waals surface area contributed by atoms with Crippen molar-refractivity contribution in [3.63, 3.8) is 0 Å². The number of hydrogen-bond acceptors (Lipinski definition) is 0. The molecule has 14 heavy (non-hydrogen) atoms. The van der Waals surface area contributed by atoms with Crippen molar-refractivity contribution >= 4 is 47.8 Å². The van der Waals surface area contributed by atoms with Crippen LogP contribution in [0.25, 0.3) is 0 Å². The normalized spacial score (nSPS) is 11.7. The van der Waals surface area contributed by atoms with Gasteiger partial charge in [0.1, 0.15) is 0 Å². The molecule has 1 aromatic rings. The van der Waals surface area contributed by atoms with Gasteiger partial charge in [-0.3, -0.25) is 0 Å². The van der Waals surface area contributed by atoms with Crippen LogP contribution in [0.4, 0.5) is 0 Å². The third-order valence-electron chi connectivity index (χ3n) is 2.17. The van der Waals surface area contributed by atoms with E-state index in [4.69, 9.17) is 0 Å². The van der Waals surface area contributed by atoms with E-state index in [0.717, 1.165) is 21.6 Å². The Hall–Kier alpha value is 0.660. The Labute approximate surface area is 111 Å². The zero-order valence-corrected chi connectivity index (χ0v) is 12.8. The SMILES string of the molecule is CC(CBr)(CBr)Cc1cccc(Br)c1. The Morgan fingerprint density at radius 2 is 1.86 bits per heavy atom. The molecule has 0 aliphatic heterocycles. The lowest BCUT2D eigenvalue weighted by Crippen LogP contribution is -2.23. The van der Waals surface area contributed by atoms with Crippen LogP contribution in [0.2, 0.25) is 0 Å². The van der Waals surface area contributed by atoms with Gasteiger partial charge in [0.25, 0.3) is 0 Å². The number of halogens is 3. The summed E-state index contributed by atoms with van der Waals surface area (Å²) in [5.74, 6) is 0. The molecule has 0 aliphatic rings. The third-order valence-corrected chi connectivity index (χ3v) is 5.37. The largest absolute Gasteiger partial charge is 0.0922 e. The molecule has 78 valence electrons. The van der Waals surface area contributed by atoms with E-state index in [0.29, 0.717) is 5.41 Å². The summed E-state index contributed by atoms with van der Waals surface area (Å²) in [6.07, 6.45) is 1.09. The molecule has 0 heterocycles. The second-order valence-corrected chi connectivity index (χ2v) is 5.92. The summed E-state index contributed by atoms with van der Waals surface area (Å²) < 4.78 is 1.15. The van der Waals surface area contributed by atoms with Gasteiger partial charge >= 0.3 is 0 Å². The van der Waals surface area contributed by atoms with Crippen molar-refractivity contribution in [3.8, 4) is 0 Å². The van der Waals surface area contributed by atoms with Gasteiger partial charge in [0, 0.05) is 15.1 Å². The molecule has 1 aromatic carbocycles. The van der Waals surface area contributed by atoms with E-state index in [1.165, 1.54) is 5.56 Å². The molecule has 3 heteroatoms. The summed E-state index contributed by atoms with van der Waals surface area (Å²) in [6, 6.07) is 8.50. The van der Waals surface area contributed by atoms with Crippen LogP contribution in [-0.2, 0) is 6.42 Å². The van der Waals surface area contributed by atoms with Crippen LogP contribution in [0.3, 0.4) is 0 Å². The molecule has 0 amide bonds. The van der Waals surface area contributed by atoms with Crippen LogP contribution in [-0.4, -0.2) is 10.7 Å². The Bertz CT molecular complexity index is 292. The molecule has 0 aromatic heterocycles. The molecule has 1 rings (SSSR count). The predicted octanol–water partition coefficient (Wildman–Crippen LogP) is 4.79. The van der Waals surface area contributed by atoms with Crippen molar-refractivity contribution in [2.24, 2.45) is 5.41 Å². The summed E-state index contributed by atoms with van der Waals surface area (Å²) in [5.41, 5.74) is 1.67. The van der Waals surface area contributed by atoms with E-state index in [1.54, 1.807) is 0 Å². The van der Waals surface area contributed by atoms with Gasteiger partial charge in [-0.15, -0.1) is 0 Å². The summed E-state index contributed by atoms with van der Waals surface area (Å²) >= 11 is 10.6. The van der Waals surface area contributed by atoms with E-state index in [2.05, 4.69) is 79.0 Å². The van der Waals surface area contributed by atoms with Crippen molar-refractivity contribution in [2.75, 3.05) is 10.7 Å². The van der Waals surface area contributed by atoms with Gasteiger partial charge in [-0.25, -0.2) is 0 Å². The summed E-state index contributed by atoms with van der Waals surface area (Å²) in [6.45, 7) is 2.28. The smallest absolute Gasteiger partial charge is 0.0177 e. The van der Waals surface area contributed by atoms with E-state index in [-0.39, 0.29) is 0 Å². The van der Waals surface area contributed by atoms with Crippen molar-refractivity contribution in [2.45, 2.75) is 13.3 Å². The molecule has 0 fully saturated rings. The second kappa shape index (κ2) is 5.66. The Morgan fingerprint density at radius 1 is 1.21 bits per heavy atom. The molecule has 0 bridgehead atoms. The molecular weight excluding hydrogens is 372 g/mol. The van der Waals surface area contributed by atoms with Gasteiger partial charge in [-0.05, 0) is 29.5 Å². The first-order valence-corrected chi connectivity index (χ1v) is 7.50. The van der Waals surface area contributed by atoms with Crippen molar-refractivity contribution in [1.82, 2.24) is 0 Å². The lowest BCUT2D eigenvalue weighted by atomic mass is 9.88. The standard InChI is InChI=1S/C11H13Br3/c1-11(7-12,8-13)6-9-3-2-4-10(14)5-9/h2-5H,6-8H2,1H3. The molecule has 0 saturated carbocycles. The summed E-state index contributed by atoms with van der Waals surface area (Å²) in [5, 5.41) is 2.02. The van der Waals surface area contributed by atoms with Gasteiger partial charge in [0.2, 0.25) is 0 Å². The number of alkyl halides is 2. The van der Waals surface area contributed by atoms with Crippen LogP contribution in [0.15, 0.2) is 28.7 Å². The maximum absolute atomic E-state index is 3.57. The van der Waals surface area contributed by atoms with E-state index in [1.807, 2.05) is 0 Å². The fourth-order valence-corrected chi connectivity index (χ4v) is 3.04. The Kier molecular flexibility index (Phi) is 5.15. The van der Waals surface area contributed by atoms with Gasteiger partial charge < -0.3 is 0 Å². The molecule has 0 unspecified atom stereocenters. The quantitative estimate of drug-likeness (QED) is 0.655. The maximum atomic E-state index is 3.57. The fourth-order valence-electron chi connectivity index (χ4n) is 1.27. The Balaban J connectivity index is 2.77. The first-order valence-electron chi connectivity index (χ1n) is 4.46. The minimum Gasteiger partial charge on any atom is -0.0922 e. The highest BCUT2D eigenvalue weighted by Gasteiger charge is 2.21. The van der Waals surface area contributed by atoms with E-state index >= 15 is 0 Å². The van der Waals surface area contributed by atoms with Crippen molar-refractivity contribution < 1.29 is 0 Å². The molecule has 0 atom stereocenters. The molecule has 0 radical (unpaired) electrons. The topological polar surface area (TPSA) is 0 Å². The van der Waals surface area contributed by atoms with Crippen LogP contribution >= 0.6 is 47.8 Å². The number of hydrogen-bond donors (Lipinski definition) is 0. The molecule has 0 aliphatic carbocycles. The predicted molar refractivity (Wildman–Crippen MR) is 73.5 cm³/mol. The van der Waals surface area contributed by atoms with Gasteiger partial charge in [-0.1, -0.05) is 66.8 Å².